The second kappa shape index (κ2) is 11.7. The van der Waals surface area contributed by atoms with Crippen molar-refractivity contribution < 1.29 is 19.2 Å². The van der Waals surface area contributed by atoms with Gasteiger partial charge in [-0.15, -0.1) is 0 Å². The van der Waals surface area contributed by atoms with Gasteiger partial charge in [-0.2, -0.15) is 4.99 Å². The summed E-state index contributed by atoms with van der Waals surface area (Å²) in [5.74, 6) is -0.187. The van der Waals surface area contributed by atoms with Crippen LogP contribution in [0.3, 0.4) is 0 Å². The Hall–Kier alpha value is -2.49. The number of amidine groups is 1. The minimum atomic E-state index is -0.481. The second-order valence-corrected chi connectivity index (χ2v) is 11.1. The monoisotopic (exact) mass is 745 g/mol. The molecule has 3 aromatic rings. The molecular weight excluding hydrogens is 732 g/mol. The summed E-state index contributed by atoms with van der Waals surface area (Å²) in [5.41, 5.74) is 1.83. The number of rotatable bonds is 6. The molecule has 1 N–H and O–H groups in total. The van der Waals surface area contributed by atoms with E-state index in [-0.39, 0.29) is 23.4 Å². The third kappa shape index (κ3) is 6.63. The molecule has 1 aliphatic rings. The van der Waals surface area contributed by atoms with Gasteiger partial charge in [-0.3, -0.25) is 19.7 Å². The van der Waals surface area contributed by atoms with Crippen LogP contribution >= 0.6 is 68.5 Å². The van der Waals surface area contributed by atoms with Gasteiger partial charge < -0.3 is 10.1 Å². The number of carbonyl (C=O) groups excluding carboxylic acids is 2. The first kappa shape index (κ1) is 26.6. The van der Waals surface area contributed by atoms with E-state index in [0.717, 1.165) is 24.5 Å². The molecule has 36 heavy (non-hydrogen) atoms. The van der Waals surface area contributed by atoms with Gasteiger partial charge in [0.15, 0.2) is 5.17 Å². The predicted molar refractivity (Wildman–Crippen MR) is 156 cm³/mol. The van der Waals surface area contributed by atoms with E-state index in [1.54, 1.807) is 42.5 Å². The first-order valence-electron chi connectivity index (χ1n) is 10.1. The summed E-state index contributed by atoms with van der Waals surface area (Å²) in [4.78, 5) is 39.7. The lowest BCUT2D eigenvalue weighted by Crippen LogP contribution is -2.20. The van der Waals surface area contributed by atoms with E-state index in [0.29, 0.717) is 26.8 Å². The third-order valence-electron chi connectivity index (χ3n) is 4.77. The lowest BCUT2D eigenvalue weighted by Gasteiger charge is -2.11. The molecule has 0 saturated carbocycles. The maximum absolute atomic E-state index is 12.4. The summed E-state index contributed by atoms with van der Waals surface area (Å²) in [6, 6.07) is 16.3. The molecule has 182 valence electrons. The van der Waals surface area contributed by atoms with Crippen molar-refractivity contribution in [2.24, 2.45) is 4.99 Å². The number of hydrogen-bond donors (Lipinski definition) is 1. The minimum Gasteiger partial charge on any atom is -0.487 e. The maximum Gasteiger partial charge on any atom is 0.279 e. The highest BCUT2D eigenvalue weighted by atomic mass is 127. The van der Waals surface area contributed by atoms with E-state index in [1.165, 1.54) is 12.1 Å². The fourth-order valence-electron chi connectivity index (χ4n) is 3.10. The number of aliphatic imine (C=N–C) groups is 1. The fourth-order valence-corrected chi connectivity index (χ4v) is 6.17. The summed E-state index contributed by atoms with van der Waals surface area (Å²) < 4.78 is 7.56. The lowest BCUT2D eigenvalue weighted by atomic mass is 10.2. The Kier molecular flexibility index (Phi) is 8.64. The molecule has 2 amide bonds. The Labute approximate surface area is 242 Å². The Balaban J connectivity index is 1.47. The number of thioether (sulfide) groups is 1. The Bertz CT molecular complexity index is 1420. The molecule has 0 spiro atoms. The van der Waals surface area contributed by atoms with Gasteiger partial charge in [0.2, 0.25) is 0 Å². The van der Waals surface area contributed by atoms with E-state index >= 15 is 0 Å². The Morgan fingerprint density at radius 3 is 2.50 bits per heavy atom. The molecule has 0 aromatic heterocycles. The van der Waals surface area contributed by atoms with Crippen LogP contribution in [0.15, 0.2) is 70.6 Å². The quantitative estimate of drug-likeness (QED) is 0.135. The number of carbonyl (C=O) groups is 2. The average Bonchev–Trinajstić information content (AvgIpc) is 3.17. The van der Waals surface area contributed by atoms with Crippen LogP contribution < -0.4 is 10.1 Å². The minimum absolute atomic E-state index is 0.00702. The molecule has 8 nitrogen and oxygen atoms in total. The normalized spacial score (nSPS) is 15.2. The van der Waals surface area contributed by atoms with Crippen LogP contribution in [0.1, 0.15) is 21.5 Å². The van der Waals surface area contributed by atoms with Crippen molar-refractivity contribution in [3.05, 3.63) is 105 Å². The van der Waals surface area contributed by atoms with Crippen LogP contribution in [0.25, 0.3) is 6.08 Å². The number of nitro benzene ring substituents is 1. The molecule has 1 fully saturated rings. The number of non-ortho nitro benzene ring substituents is 1. The number of halogens is 3. The van der Waals surface area contributed by atoms with Crippen LogP contribution in [0, 0.1) is 17.3 Å². The number of hydrogen-bond acceptors (Lipinski definition) is 6. The molecule has 12 heteroatoms. The highest BCUT2D eigenvalue weighted by Gasteiger charge is 2.25. The smallest absolute Gasteiger partial charge is 0.279 e. The lowest BCUT2D eigenvalue weighted by molar-refractivity contribution is -0.384. The predicted octanol–water partition coefficient (Wildman–Crippen LogP) is 6.44. The zero-order valence-corrected chi connectivity index (χ0v) is 23.9. The SMILES string of the molecule is O=C1NC(=NC(=O)c2ccc(Cl)cc2)S/C1=C\c1cc(I)c(OCc2cccc([N+](=O)[O-])c2)c(I)c1. The van der Waals surface area contributed by atoms with Crippen LogP contribution in [0.5, 0.6) is 5.75 Å². The van der Waals surface area contributed by atoms with Crippen molar-refractivity contribution >= 4 is 97.3 Å². The van der Waals surface area contributed by atoms with Crippen molar-refractivity contribution in [1.29, 1.82) is 0 Å². The average molecular weight is 746 g/mol. The van der Waals surface area contributed by atoms with Crippen LogP contribution in [0.4, 0.5) is 5.69 Å². The summed E-state index contributed by atoms with van der Waals surface area (Å²) in [5, 5.41) is 14.3. The summed E-state index contributed by atoms with van der Waals surface area (Å²) in [7, 11) is 0. The number of nitro groups is 1. The van der Waals surface area contributed by atoms with Gasteiger partial charge >= 0.3 is 0 Å². The first-order valence-corrected chi connectivity index (χ1v) is 13.5. The first-order chi connectivity index (χ1) is 17.2. The summed E-state index contributed by atoms with van der Waals surface area (Å²) in [6.07, 6.45) is 1.71. The number of benzene rings is 3. The number of nitrogens with zero attached hydrogens (tertiary/aromatic N) is 2. The molecule has 0 radical (unpaired) electrons. The Morgan fingerprint density at radius 1 is 1.14 bits per heavy atom. The molecule has 1 aliphatic heterocycles. The van der Waals surface area contributed by atoms with Crippen molar-refractivity contribution in [1.82, 2.24) is 5.32 Å². The van der Waals surface area contributed by atoms with E-state index in [4.69, 9.17) is 16.3 Å². The van der Waals surface area contributed by atoms with Gasteiger partial charge in [-0.1, -0.05) is 23.7 Å². The zero-order chi connectivity index (χ0) is 25.8. The van der Waals surface area contributed by atoms with Gasteiger partial charge in [0.05, 0.1) is 17.0 Å². The largest absolute Gasteiger partial charge is 0.487 e. The van der Waals surface area contributed by atoms with Crippen LogP contribution in [0.2, 0.25) is 5.02 Å². The number of amides is 2. The molecule has 4 rings (SSSR count). The van der Waals surface area contributed by atoms with Crippen LogP contribution in [-0.4, -0.2) is 21.9 Å². The van der Waals surface area contributed by atoms with E-state index in [2.05, 4.69) is 55.5 Å². The van der Waals surface area contributed by atoms with E-state index in [9.17, 15) is 19.7 Å². The van der Waals surface area contributed by atoms with Crippen molar-refractivity contribution in [2.45, 2.75) is 6.61 Å². The van der Waals surface area contributed by atoms with Crippen molar-refractivity contribution in [3.8, 4) is 5.75 Å². The van der Waals surface area contributed by atoms with Gasteiger partial charge in [0.1, 0.15) is 12.4 Å². The summed E-state index contributed by atoms with van der Waals surface area (Å²) in [6.45, 7) is 0.174. The number of ether oxygens (including phenoxy) is 1. The standard InChI is InChI=1S/C24H14ClI2N3O5S/c25-16-6-4-15(5-7-16)22(31)28-24-29-23(32)20(36-24)11-14-9-18(26)21(19(27)10-14)35-12-13-2-1-3-17(8-13)30(33)34/h1-11H,12H2,(H,28,29,31,32)/b20-11-. The third-order valence-corrected chi connectivity index (χ3v) is 7.53. The van der Waals surface area contributed by atoms with Gasteiger partial charge in [0.25, 0.3) is 17.5 Å². The molecule has 0 unspecified atom stereocenters. The molecule has 1 heterocycles. The van der Waals surface area contributed by atoms with Gasteiger partial charge in [0, 0.05) is 22.7 Å². The van der Waals surface area contributed by atoms with Crippen molar-refractivity contribution in [3.63, 3.8) is 0 Å². The summed E-state index contributed by atoms with van der Waals surface area (Å²) >= 11 is 11.2. The van der Waals surface area contributed by atoms with Crippen molar-refractivity contribution in [2.75, 3.05) is 0 Å². The number of nitrogens with one attached hydrogen (secondary N) is 1. The highest BCUT2D eigenvalue weighted by molar-refractivity contribution is 14.1. The molecule has 3 aromatic carbocycles. The molecule has 0 bridgehead atoms. The fraction of sp³-hybridized carbons (Fsp3) is 0.0417. The highest BCUT2D eigenvalue weighted by Crippen LogP contribution is 2.33. The van der Waals surface area contributed by atoms with E-state index < -0.39 is 10.8 Å². The topological polar surface area (TPSA) is 111 Å². The van der Waals surface area contributed by atoms with E-state index in [1.807, 2.05) is 12.1 Å². The Morgan fingerprint density at radius 2 is 1.83 bits per heavy atom. The van der Waals surface area contributed by atoms with Gasteiger partial charge in [-0.25, -0.2) is 0 Å². The molecule has 0 aliphatic carbocycles. The van der Waals surface area contributed by atoms with Gasteiger partial charge in [-0.05, 0) is 111 Å². The molecular formula is C24H14ClI2N3O5S. The molecule has 1 saturated heterocycles. The van der Waals surface area contributed by atoms with Crippen LogP contribution in [-0.2, 0) is 11.4 Å². The zero-order valence-electron chi connectivity index (χ0n) is 18.0. The maximum atomic E-state index is 12.4. The molecule has 0 atom stereocenters. The second-order valence-electron chi connectivity index (χ2n) is 7.32.